The van der Waals surface area contributed by atoms with E-state index in [-0.39, 0.29) is 16.9 Å². The highest BCUT2D eigenvalue weighted by Crippen LogP contribution is 2.29. The van der Waals surface area contributed by atoms with Gasteiger partial charge in [0.25, 0.3) is 0 Å². The van der Waals surface area contributed by atoms with Crippen LogP contribution in [0.1, 0.15) is 32.6 Å². The van der Waals surface area contributed by atoms with Gasteiger partial charge in [-0.05, 0) is 30.9 Å². The Kier molecular flexibility index (Phi) is 4.48. The van der Waals surface area contributed by atoms with E-state index >= 15 is 0 Å². The van der Waals surface area contributed by atoms with Crippen LogP contribution >= 0.6 is 0 Å². The largest absolute Gasteiger partial charge is 0.502 e. The standard InChI is InChI=1S/C13H18N2O5S/c1-9-4-2-3-5-11(9)14-21(19,20)10-6-7-13(16)12(8-10)15(17)18/h6-9,11,14,16H,2-5H2,1H3. The topological polar surface area (TPSA) is 110 Å². The van der Waals surface area contributed by atoms with Gasteiger partial charge in [-0.1, -0.05) is 19.8 Å². The van der Waals surface area contributed by atoms with Crippen LogP contribution in [-0.4, -0.2) is 24.5 Å². The minimum absolute atomic E-state index is 0.156. The molecule has 0 amide bonds. The lowest BCUT2D eigenvalue weighted by molar-refractivity contribution is -0.386. The second-order valence-electron chi connectivity index (χ2n) is 5.40. The monoisotopic (exact) mass is 314 g/mol. The number of sulfonamides is 1. The third-order valence-corrected chi connectivity index (χ3v) is 5.36. The zero-order valence-corrected chi connectivity index (χ0v) is 12.5. The molecule has 0 aliphatic heterocycles. The number of nitro groups is 1. The molecular formula is C13H18N2O5S. The molecule has 0 bridgehead atoms. The van der Waals surface area contributed by atoms with Crippen LogP contribution in [0.15, 0.2) is 23.1 Å². The number of phenolic OH excluding ortho intramolecular Hbond substituents is 1. The molecule has 2 atom stereocenters. The molecule has 0 radical (unpaired) electrons. The summed E-state index contributed by atoms with van der Waals surface area (Å²) in [4.78, 5) is 9.76. The Balaban J connectivity index is 2.27. The summed E-state index contributed by atoms with van der Waals surface area (Å²) >= 11 is 0. The van der Waals surface area contributed by atoms with Crippen LogP contribution in [0.2, 0.25) is 0 Å². The maximum absolute atomic E-state index is 12.3. The van der Waals surface area contributed by atoms with Gasteiger partial charge in [-0.2, -0.15) is 0 Å². The lowest BCUT2D eigenvalue weighted by Crippen LogP contribution is -2.40. The average Bonchev–Trinajstić information content (AvgIpc) is 2.41. The van der Waals surface area contributed by atoms with Crippen LogP contribution in [0, 0.1) is 16.0 Å². The second kappa shape index (κ2) is 5.98. The maximum atomic E-state index is 12.3. The zero-order chi connectivity index (χ0) is 15.6. The molecule has 2 N–H and O–H groups in total. The van der Waals surface area contributed by atoms with Crippen molar-refractivity contribution in [2.24, 2.45) is 5.92 Å². The van der Waals surface area contributed by atoms with E-state index in [1.807, 2.05) is 6.92 Å². The van der Waals surface area contributed by atoms with Crippen molar-refractivity contribution < 1.29 is 18.4 Å². The van der Waals surface area contributed by atoms with Crippen molar-refractivity contribution >= 4 is 15.7 Å². The SMILES string of the molecule is CC1CCCCC1NS(=O)(=O)c1ccc(O)c([N+](=O)[O-])c1. The fraction of sp³-hybridized carbons (Fsp3) is 0.538. The Labute approximate surface area is 123 Å². The Morgan fingerprint density at radius 3 is 2.62 bits per heavy atom. The molecule has 8 heteroatoms. The smallest absolute Gasteiger partial charge is 0.312 e. The first-order chi connectivity index (χ1) is 9.81. The number of hydrogen-bond donors (Lipinski definition) is 2. The van der Waals surface area contributed by atoms with Crippen molar-refractivity contribution in [1.82, 2.24) is 4.72 Å². The third-order valence-electron chi connectivity index (χ3n) is 3.87. The summed E-state index contributed by atoms with van der Waals surface area (Å²) < 4.78 is 27.2. The first-order valence-corrected chi connectivity index (χ1v) is 8.29. The van der Waals surface area contributed by atoms with Crippen molar-refractivity contribution in [2.75, 3.05) is 0 Å². The summed E-state index contributed by atoms with van der Waals surface area (Å²) in [5.74, 6) is -0.314. The molecule has 21 heavy (non-hydrogen) atoms. The van der Waals surface area contributed by atoms with E-state index in [1.165, 1.54) is 0 Å². The van der Waals surface area contributed by atoms with E-state index in [0.29, 0.717) is 0 Å². The molecule has 0 saturated heterocycles. The van der Waals surface area contributed by atoms with E-state index in [4.69, 9.17) is 0 Å². The molecule has 1 aliphatic rings. The van der Waals surface area contributed by atoms with Gasteiger partial charge in [0.15, 0.2) is 5.75 Å². The molecule has 2 rings (SSSR count). The van der Waals surface area contributed by atoms with Gasteiger partial charge in [-0.25, -0.2) is 13.1 Å². The summed E-state index contributed by atoms with van der Waals surface area (Å²) in [6.07, 6.45) is 3.78. The number of hydrogen-bond acceptors (Lipinski definition) is 5. The fourth-order valence-electron chi connectivity index (χ4n) is 2.58. The van der Waals surface area contributed by atoms with E-state index in [2.05, 4.69) is 4.72 Å². The first-order valence-electron chi connectivity index (χ1n) is 6.81. The normalized spacial score (nSPS) is 22.9. The van der Waals surface area contributed by atoms with Crippen LogP contribution in [0.3, 0.4) is 0 Å². The average molecular weight is 314 g/mol. The quantitative estimate of drug-likeness (QED) is 0.653. The fourth-order valence-corrected chi connectivity index (χ4v) is 3.97. The minimum Gasteiger partial charge on any atom is -0.502 e. The Bertz CT molecular complexity index is 644. The molecule has 0 spiro atoms. The van der Waals surface area contributed by atoms with Crippen LogP contribution in [-0.2, 0) is 10.0 Å². The summed E-state index contributed by atoms with van der Waals surface area (Å²) in [7, 11) is -3.83. The molecule has 116 valence electrons. The van der Waals surface area contributed by atoms with E-state index in [1.54, 1.807) is 0 Å². The third kappa shape index (κ3) is 3.51. The van der Waals surface area contributed by atoms with Crippen molar-refractivity contribution in [3.8, 4) is 5.75 Å². The van der Waals surface area contributed by atoms with Gasteiger partial charge in [0.05, 0.1) is 9.82 Å². The van der Waals surface area contributed by atoms with Gasteiger partial charge in [-0.15, -0.1) is 0 Å². The van der Waals surface area contributed by atoms with Gasteiger partial charge in [-0.3, -0.25) is 10.1 Å². The molecule has 1 aliphatic carbocycles. The summed E-state index contributed by atoms with van der Waals surface area (Å²) in [6.45, 7) is 1.99. The molecule has 0 aromatic heterocycles. The van der Waals surface area contributed by atoms with Gasteiger partial charge in [0.1, 0.15) is 0 Å². The zero-order valence-electron chi connectivity index (χ0n) is 11.7. The highest BCUT2D eigenvalue weighted by Gasteiger charge is 2.28. The van der Waals surface area contributed by atoms with E-state index < -0.39 is 26.4 Å². The first kappa shape index (κ1) is 15.7. The maximum Gasteiger partial charge on any atom is 0.312 e. The number of phenols is 1. The number of aromatic hydroxyl groups is 1. The molecule has 1 saturated carbocycles. The van der Waals surface area contributed by atoms with Crippen LogP contribution in [0.25, 0.3) is 0 Å². The highest BCUT2D eigenvalue weighted by atomic mass is 32.2. The predicted molar refractivity (Wildman–Crippen MR) is 76.5 cm³/mol. The van der Waals surface area contributed by atoms with Gasteiger partial charge in [0.2, 0.25) is 10.0 Å². The van der Waals surface area contributed by atoms with E-state index in [9.17, 15) is 23.6 Å². The number of nitro benzene ring substituents is 1. The predicted octanol–water partition coefficient (Wildman–Crippen LogP) is 2.16. The minimum atomic E-state index is -3.83. The molecule has 1 fully saturated rings. The van der Waals surface area contributed by atoms with Crippen molar-refractivity contribution in [2.45, 2.75) is 43.5 Å². The van der Waals surface area contributed by atoms with Crippen molar-refractivity contribution in [3.63, 3.8) is 0 Å². The number of rotatable bonds is 4. The van der Waals surface area contributed by atoms with E-state index in [0.717, 1.165) is 43.9 Å². The lowest BCUT2D eigenvalue weighted by Gasteiger charge is -2.29. The Morgan fingerprint density at radius 2 is 2.00 bits per heavy atom. The second-order valence-corrected chi connectivity index (χ2v) is 7.11. The van der Waals surface area contributed by atoms with Crippen LogP contribution < -0.4 is 4.72 Å². The Hall–Kier alpha value is -1.67. The number of benzene rings is 1. The van der Waals surface area contributed by atoms with Gasteiger partial charge < -0.3 is 5.11 Å². The molecular weight excluding hydrogens is 296 g/mol. The highest BCUT2D eigenvalue weighted by molar-refractivity contribution is 7.89. The molecule has 0 heterocycles. The van der Waals surface area contributed by atoms with Crippen LogP contribution in [0.5, 0.6) is 5.75 Å². The van der Waals surface area contributed by atoms with Crippen molar-refractivity contribution in [1.29, 1.82) is 0 Å². The summed E-state index contributed by atoms with van der Waals surface area (Å²) in [5.41, 5.74) is -0.616. The molecule has 2 unspecified atom stereocenters. The van der Waals surface area contributed by atoms with Crippen LogP contribution in [0.4, 0.5) is 5.69 Å². The summed E-state index contributed by atoms with van der Waals surface area (Å²) in [5, 5.41) is 20.2. The lowest BCUT2D eigenvalue weighted by atomic mass is 9.87. The molecule has 1 aromatic carbocycles. The van der Waals surface area contributed by atoms with Gasteiger partial charge >= 0.3 is 5.69 Å². The Morgan fingerprint density at radius 1 is 1.33 bits per heavy atom. The van der Waals surface area contributed by atoms with Gasteiger partial charge in [0, 0.05) is 12.1 Å². The summed E-state index contributed by atoms with van der Waals surface area (Å²) in [6, 6.07) is 2.91. The molecule has 1 aromatic rings. The molecule has 7 nitrogen and oxygen atoms in total. The number of nitrogens with one attached hydrogen (secondary N) is 1. The van der Waals surface area contributed by atoms with Crippen molar-refractivity contribution in [3.05, 3.63) is 28.3 Å². The number of nitrogens with zero attached hydrogens (tertiary/aromatic N) is 1.